The first-order chi connectivity index (χ1) is 7.83. The minimum absolute atomic E-state index is 0.161. The van der Waals surface area contributed by atoms with Crippen molar-refractivity contribution in [3.63, 3.8) is 0 Å². The lowest BCUT2D eigenvalue weighted by Gasteiger charge is -2.32. The largest absolute Gasteiger partial charge is 0.311 e. The lowest BCUT2D eigenvalue weighted by Crippen LogP contribution is -2.46. The first kappa shape index (κ1) is 14.5. The molecule has 0 atom stereocenters. The summed E-state index contributed by atoms with van der Waals surface area (Å²) in [6.45, 7) is 8.28. The van der Waals surface area contributed by atoms with Crippen molar-refractivity contribution in [3.05, 3.63) is 34.3 Å². The smallest absolute Gasteiger partial charge is 0.0438 e. The molecule has 1 aromatic carbocycles. The normalized spacial score (nSPS) is 12.2. The maximum absolute atomic E-state index is 6.10. The number of hydrogen-bond acceptors (Lipinski definition) is 2. The number of rotatable bonds is 5. The standard InChI is InChI=1S/C14H23ClN2/c1-11-6-7-12(8-13(11)15)9-16-10-14(2,3)17(4)5/h6-8,16H,9-10H2,1-5H3. The monoisotopic (exact) mass is 254 g/mol. The van der Waals surface area contributed by atoms with Gasteiger partial charge in [-0.25, -0.2) is 0 Å². The van der Waals surface area contributed by atoms with Crippen LogP contribution in [0.15, 0.2) is 18.2 Å². The summed E-state index contributed by atoms with van der Waals surface area (Å²) in [7, 11) is 4.20. The molecular weight excluding hydrogens is 232 g/mol. The summed E-state index contributed by atoms with van der Waals surface area (Å²) < 4.78 is 0. The molecule has 0 spiro atoms. The van der Waals surface area contributed by atoms with Crippen molar-refractivity contribution in [1.29, 1.82) is 0 Å². The Labute approximate surface area is 110 Å². The van der Waals surface area contributed by atoms with E-state index in [1.54, 1.807) is 0 Å². The van der Waals surface area contributed by atoms with Crippen molar-refractivity contribution < 1.29 is 0 Å². The molecule has 2 nitrogen and oxygen atoms in total. The van der Waals surface area contributed by atoms with Crippen LogP contribution in [0.5, 0.6) is 0 Å². The Hall–Kier alpha value is -0.570. The summed E-state index contributed by atoms with van der Waals surface area (Å²) in [6.07, 6.45) is 0. The van der Waals surface area contributed by atoms with E-state index in [-0.39, 0.29) is 5.54 Å². The van der Waals surface area contributed by atoms with Crippen LogP contribution in [0.4, 0.5) is 0 Å². The average Bonchev–Trinajstić information content (AvgIpc) is 2.23. The van der Waals surface area contributed by atoms with E-state index in [0.717, 1.165) is 23.7 Å². The Kier molecular flexibility index (Phi) is 4.99. The van der Waals surface area contributed by atoms with Crippen LogP contribution in [0.1, 0.15) is 25.0 Å². The SMILES string of the molecule is Cc1ccc(CNCC(C)(C)N(C)C)cc1Cl. The highest BCUT2D eigenvalue weighted by Crippen LogP contribution is 2.16. The molecule has 0 saturated heterocycles. The summed E-state index contributed by atoms with van der Waals surface area (Å²) in [5, 5.41) is 4.31. The van der Waals surface area contributed by atoms with Crippen LogP contribution in [-0.4, -0.2) is 31.1 Å². The molecule has 0 unspecified atom stereocenters. The van der Waals surface area contributed by atoms with Crippen molar-refractivity contribution in [2.24, 2.45) is 0 Å². The van der Waals surface area contributed by atoms with Gasteiger partial charge in [-0.2, -0.15) is 0 Å². The third-order valence-electron chi connectivity index (χ3n) is 3.33. The van der Waals surface area contributed by atoms with Crippen LogP contribution < -0.4 is 5.32 Å². The van der Waals surface area contributed by atoms with Gasteiger partial charge in [-0.3, -0.25) is 0 Å². The highest BCUT2D eigenvalue weighted by atomic mass is 35.5. The second-order valence-corrected chi connectivity index (χ2v) is 5.80. The van der Waals surface area contributed by atoms with Gasteiger partial charge in [0.2, 0.25) is 0 Å². The number of benzene rings is 1. The van der Waals surface area contributed by atoms with Crippen LogP contribution in [0, 0.1) is 6.92 Å². The molecule has 17 heavy (non-hydrogen) atoms. The summed E-state index contributed by atoms with van der Waals surface area (Å²) in [5.41, 5.74) is 2.52. The van der Waals surface area contributed by atoms with E-state index in [4.69, 9.17) is 11.6 Å². The van der Waals surface area contributed by atoms with E-state index < -0.39 is 0 Å². The Morgan fingerprint density at radius 3 is 2.47 bits per heavy atom. The molecule has 0 aliphatic rings. The predicted octanol–water partition coefficient (Wildman–Crippen LogP) is 3.08. The molecule has 1 rings (SSSR count). The molecule has 96 valence electrons. The number of nitrogens with zero attached hydrogens (tertiary/aromatic N) is 1. The lowest BCUT2D eigenvalue weighted by molar-refractivity contribution is 0.190. The van der Waals surface area contributed by atoms with Crippen molar-refractivity contribution >= 4 is 11.6 Å². The third kappa shape index (κ3) is 4.30. The zero-order chi connectivity index (χ0) is 13.1. The van der Waals surface area contributed by atoms with Crippen LogP contribution >= 0.6 is 11.6 Å². The molecular formula is C14H23ClN2. The number of halogens is 1. The molecule has 0 fully saturated rings. The number of nitrogens with one attached hydrogen (secondary N) is 1. The number of hydrogen-bond donors (Lipinski definition) is 1. The quantitative estimate of drug-likeness (QED) is 0.869. The molecule has 0 radical (unpaired) electrons. The highest BCUT2D eigenvalue weighted by molar-refractivity contribution is 6.31. The van der Waals surface area contributed by atoms with Gasteiger partial charge in [0.05, 0.1) is 0 Å². The van der Waals surface area contributed by atoms with Crippen molar-refractivity contribution in [2.75, 3.05) is 20.6 Å². The second-order valence-electron chi connectivity index (χ2n) is 5.39. The zero-order valence-electron chi connectivity index (χ0n) is 11.5. The van der Waals surface area contributed by atoms with E-state index in [2.05, 4.69) is 50.3 Å². The van der Waals surface area contributed by atoms with Gasteiger partial charge in [-0.1, -0.05) is 23.7 Å². The van der Waals surface area contributed by atoms with E-state index in [1.807, 2.05) is 13.0 Å². The molecule has 0 amide bonds. The summed E-state index contributed by atoms with van der Waals surface area (Å²) >= 11 is 6.10. The molecule has 1 N–H and O–H groups in total. The molecule has 0 saturated carbocycles. The molecule has 3 heteroatoms. The van der Waals surface area contributed by atoms with E-state index >= 15 is 0 Å². The molecule has 0 bridgehead atoms. The average molecular weight is 255 g/mol. The summed E-state index contributed by atoms with van der Waals surface area (Å²) in [4.78, 5) is 2.22. The van der Waals surface area contributed by atoms with E-state index in [9.17, 15) is 0 Å². The van der Waals surface area contributed by atoms with E-state index in [1.165, 1.54) is 5.56 Å². The van der Waals surface area contributed by atoms with Gasteiger partial charge in [0.25, 0.3) is 0 Å². The van der Waals surface area contributed by atoms with Gasteiger partial charge >= 0.3 is 0 Å². The van der Waals surface area contributed by atoms with Gasteiger partial charge in [-0.15, -0.1) is 0 Å². The Bertz CT molecular complexity index is 372. The number of aryl methyl sites for hydroxylation is 1. The molecule has 0 aliphatic heterocycles. The van der Waals surface area contributed by atoms with Crippen molar-refractivity contribution in [2.45, 2.75) is 32.9 Å². The van der Waals surface area contributed by atoms with Crippen LogP contribution in [0.25, 0.3) is 0 Å². The van der Waals surface area contributed by atoms with Crippen LogP contribution in [0.2, 0.25) is 5.02 Å². The van der Waals surface area contributed by atoms with Gasteiger partial charge in [-0.05, 0) is 52.1 Å². The third-order valence-corrected chi connectivity index (χ3v) is 3.74. The fourth-order valence-corrected chi connectivity index (χ4v) is 1.62. The van der Waals surface area contributed by atoms with Crippen LogP contribution in [-0.2, 0) is 6.54 Å². The van der Waals surface area contributed by atoms with E-state index in [0.29, 0.717) is 0 Å². The van der Waals surface area contributed by atoms with Gasteiger partial charge < -0.3 is 10.2 Å². The summed E-state index contributed by atoms with van der Waals surface area (Å²) in [6, 6.07) is 6.22. The Balaban J connectivity index is 2.49. The molecule has 1 aromatic rings. The van der Waals surface area contributed by atoms with Crippen LogP contribution in [0.3, 0.4) is 0 Å². The summed E-state index contributed by atoms with van der Waals surface area (Å²) in [5.74, 6) is 0. The number of likely N-dealkylation sites (N-methyl/N-ethyl adjacent to an activating group) is 1. The fourth-order valence-electron chi connectivity index (χ4n) is 1.42. The molecule has 0 aromatic heterocycles. The molecule has 0 heterocycles. The maximum atomic E-state index is 6.10. The van der Waals surface area contributed by atoms with Crippen molar-refractivity contribution in [1.82, 2.24) is 10.2 Å². The predicted molar refractivity (Wildman–Crippen MR) is 75.7 cm³/mol. The highest BCUT2D eigenvalue weighted by Gasteiger charge is 2.19. The van der Waals surface area contributed by atoms with Gasteiger partial charge in [0.1, 0.15) is 0 Å². The van der Waals surface area contributed by atoms with Gasteiger partial charge in [0.15, 0.2) is 0 Å². The topological polar surface area (TPSA) is 15.3 Å². The zero-order valence-corrected chi connectivity index (χ0v) is 12.2. The fraction of sp³-hybridized carbons (Fsp3) is 0.571. The Morgan fingerprint density at radius 1 is 1.29 bits per heavy atom. The first-order valence-electron chi connectivity index (χ1n) is 5.96. The molecule has 0 aliphatic carbocycles. The Morgan fingerprint density at radius 2 is 1.94 bits per heavy atom. The first-order valence-corrected chi connectivity index (χ1v) is 6.34. The lowest BCUT2D eigenvalue weighted by atomic mass is 10.0. The minimum atomic E-state index is 0.161. The van der Waals surface area contributed by atoms with Crippen molar-refractivity contribution in [3.8, 4) is 0 Å². The minimum Gasteiger partial charge on any atom is -0.311 e. The maximum Gasteiger partial charge on any atom is 0.0438 e. The second kappa shape index (κ2) is 5.85. The van der Waals surface area contributed by atoms with Gasteiger partial charge in [0, 0.05) is 23.7 Å².